The fourth-order valence-corrected chi connectivity index (χ4v) is 2.34. The molecule has 0 saturated heterocycles. The van der Waals surface area contributed by atoms with Crippen molar-refractivity contribution in [3.8, 4) is 0 Å². The van der Waals surface area contributed by atoms with Crippen LogP contribution in [-0.4, -0.2) is 30.0 Å². The summed E-state index contributed by atoms with van der Waals surface area (Å²) in [7, 11) is 1.30. The number of nitrogens with one attached hydrogen (secondary N) is 1. The van der Waals surface area contributed by atoms with Gasteiger partial charge in [0, 0.05) is 5.39 Å². The Labute approximate surface area is 135 Å². The Morgan fingerprint density at radius 1 is 1.35 bits per heavy atom. The highest BCUT2D eigenvalue weighted by molar-refractivity contribution is 6.01. The number of unbranched alkanes of at least 4 members (excludes halogenated alkanes) is 1. The molecule has 0 unspecified atom stereocenters. The zero-order valence-corrected chi connectivity index (χ0v) is 13.3. The minimum absolute atomic E-state index is 0.120. The van der Waals surface area contributed by atoms with Crippen molar-refractivity contribution in [3.63, 3.8) is 0 Å². The van der Waals surface area contributed by atoms with Crippen LogP contribution in [0.15, 0.2) is 30.3 Å². The van der Waals surface area contributed by atoms with Crippen molar-refractivity contribution < 1.29 is 14.3 Å². The normalized spacial score (nSPS) is 11.9. The van der Waals surface area contributed by atoms with Gasteiger partial charge in [-0.2, -0.15) is 0 Å². The fourth-order valence-electron chi connectivity index (χ4n) is 2.34. The number of hydrogen-bond donors (Lipinski definition) is 2. The Bertz CT molecular complexity index is 715. The monoisotopic (exact) mass is 315 g/mol. The lowest BCUT2D eigenvalue weighted by Gasteiger charge is -2.16. The van der Waals surface area contributed by atoms with Gasteiger partial charge < -0.3 is 15.8 Å². The second-order valence-electron chi connectivity index (χ2n) is 5.31. The number of carbonyl (C=O) groups excluding carboxylic acids is 2. The van der Waals surface area contributed by atoms with Crippen molar-refractivity contribution >= 4 is 28.5 Å². The molecule has 3 N–H and O–H groups in total. The number of rotatable bonds is 6. The van der Waals surface area contributed by atoms with E-state index in [0.29, 0.717) is 11.9 Å². The van der Waals surface area contributed by atoms with Crippen LogP contribution in [0.25, 0.3) is 10.9 Å². The third kappa shape index (κ3) is 3.97. The molecule has 0 aliphatic heterocycles. The number of benzene rings is 1. The predicted octanol–water partition coefficient (Wildman–Crippen LogP) is 2.28. The van der Waals surface area contributed by atoms with Crippen LogP contribution in [0.3, 0.4) is 0 Å². The molecule has 0 spiro atoms. The number of methoxy groups -OCH3 is 1. The standard InChI is InChI=1S/C17H21N3O3/c1-3-4-8-14(17(22)23-2)20-16(21)15-12(18)10-11-7-5-6-9-13(11)19-15/h5-7,9-10,14H,3-4,8,18H2,1-2H3,(H,20,21)/t14-/m1/s1. The smallest absolute Gasteiger partial charge is 0.328 e. The Morgan fingerprint density at radius 3 is 2.78 bits per heavy atom. The van der Waals surface area contributed by atoms with Crippen LogP contribution >= 0.6 is 0 Å². The van der Waals surface area contributed by atoms with E-state index in [4.69, 9.17) is 10.5 Å². The third-order valence-corrected chi connectivity index (χ3v) is 3.61. The molecule has 6 nitrogen and oxygen atoms in total. The first-order chi connectivity index (χ1) is 11.1. The summed E-state index contributed by atoms with van der Waals surface area (Å²) in [6.07, 6.45) is 2.24. The van der Waals surface area contributed by atoms with Crippen LogP contribution in [0.2, 0.25) is 0 Å². The van der Waals surface area contributed by atoms with Crippen molar-refractivity contribution in [1.29, 1.82) is 0 Å². The van der Waals surface area contributed by atoms with E-state index in [2.05, 4.69) is 10.3 Å². The number of aromatic nitrogens is 1. The highest BCUT2D eigenvalue weighted by Gasteiger charge is 2.23. The zero-order valence-electron chi connectivity index (χ0n) is 13.3. The minimum Gasteiger partial charge on any atom is -0.467 e. The van der Waals surface area contributed by atoms with E-state index in [1.807, 2.05) is 25.1 Å². The summed E-state index contributed by atoms with van der Waals surface area (Å²) in [5, 5.41) is 3.53. The third-order valence-electron chi connectivity index (χ3n) is 3.61. The largest absolute Gasteiger partial charge is 0.467 e. The van der Waals surface area contributed by atoms with Crippen molar-refractivity contribution in [1.82, 2.24) is 10.3 Å². The minimum atomic E-state index is -0.694. The van der Waals surface area contributed by atoms with Crippen LogP contribution in [0.4, 0.5) is 5.69 Å². The van der Waals surface area contributed by atoms with Crippen LogP contribution in [0.1, 0.15) is 36.7 Å². The van der Waals surface area contributed by atoms with Gasteiger partial charge in [0.2, 0.25) is 0 Å². The molecule has 122 valence electrons. The van der Waals surface area contributed by atoms with Gasteiger partial charge in [-0.3, -0.25) is 4.79 Å². The van der Waals surface area contributed by atoms with Crippen LogP contribution < -0.4 is 11.1 Å². The van der Waals surface area contributed by atoms with Crippen molar-refractivity contribution in [2.45, 2.75) is 32.2 Å². The summed E-state index contributed by atoms with van der Waals surface area (Å²) in [5.74, 6) is -0.939. The molecule has 1 heterocycles. The first-order valence-electron chi connectivity index (χ1n) is 7.60. The van der Waals surface area contributed by atoms with E-state index in [0.717, 1.165) is 18.2 Å². The predicted molar refractivity (Wildman–Crippen MR) is 89.0 cm³/mol. The molecule has 2 rings (SSSR count). The maximum absolute atomic E-state index is 12.4. The number of carbonyl (C=O) groups is 2. The highest BCUT2D eigenvalue weighted by Crippen LogP contribution is 2.18. The Balaban J connectivity index is 2.24. The van der Waals surface area contributed by atoms with E-state index >= 15 is 0 Å². The van der Waals surface area contributed by atoms with E-state index in [9.17, 15) is 9.59 Å². The number of nitrogen functional groups attached to an aromatic ring is 1. The molecular weight excluding hydrogens is 294 g/mol. The van der Waals surface area contributed by atoms with E-state index < -0.39 is 17.9 Å². The number of esters is 1. The number of pyridine rings is 1. The van der Waals surface area contributed by atoms with E-state index in [1.165, 1.54) is 7.11 Å². The van der Waals surface area contributed by atoms with Gasteiger partial charge in [0.05, 0.1) is 18.3 Å². The Morgan fingerprint density at radius 2 is 2.09 bits per heavy atom. The number of nitrogens with zero attached hydrogens (tertiary/aromatic N) is 1. The topological polar surface area (TPSA) is 94.3 Å². The molecule has 0 radical (unpaired) electrons. The second kappa shape index (κ2) is 7.58. The number of fused-ring (bicyclic) bond motifs is 1. The lowest BCUT2D eigenvalue weighted by molar-refractivity contribution is -0.143. The zero-order chi connectivity index (χ0) is 16.8. The summed E-state index contributed by atoms with van der Waals surface area (Å²) in [4.78, 5) is 28.5. The van der Waals surface area contributed by atoms with Crippen molar-refractivity contribution in [3.05, 3.63) is 36.0 Å². The molecule has 0 saturated carbocycles. The first-order valence-corrected chi connectivity index (χ1v) is 7.60. The van der Waals surface area contributed by atoms with Gasteiger partial charge in [-0.15, -0.1) is 0 Å². The molecule has 2 aromatic rings. The van der Waals surface area contributed by atoms with Crippen molar-refractivity contribution in [2.75, 3.05) is 12.8 Å². The molecule has 0 aliphatic rings. The van der Waals surface area contributed by atoms with Gasteiger partial charge in [0.15, 0.2) is 5.69 Å². The molecule has 6 heteroatoms. The summed E-state index contributed by atoms with van der Waals surface area (Å²) in [5.41, 5.74) is 7.01. The Kier molecular flexibility index (Phi) is 5.51. The molecular formula is C17H21N3O3. The van der Waals surface area contributed by atoms with Gasteiger partial charge in [-0.1, -0.05) is 38.0 Å². The quantitative estimate of drug-likeness (QED) is 0.798. The van der Waals surface area contributed by atoms with Gasteiger partial charge >= 0.3 is 5.97 Å². The molecule has 0 aliphatic carbocycles. The van der Waals surface area contributed by atoms with Gasteiger partial charge in [-0.05, 0) is 18.6 Å². The second-order valence-corrected chi connectivity index (χ2v) is 5.31. The number of anilines is 1. The first kappa shape index (κ1) is 16.7. The molecule has 1 aromatic heterocycles. The average molecular weight is 315 g/mol. The van der Waals surface area contributed by atoms with Gasteiger partial charge in [0.25, 0.3) is 5.91 Å². The summed E-state index contributed by atoms with van der Waals surface area (Å²) < 4.78 is 4.74. The number of ether oxygens (including phenoxy) is 1. The maximum Gasteiger partial charge on any atom is 0.328 e. The summed E-state index contributed by atoms with van der Waals surface area (Å²) in [6.45, 7) is 2.01. The van der Waals surface area contributed by atoms with E-state index in [-0.39, 0.29) is 11.4 Å². The molecule has 23 heavy (non-hydrogen) atoms. The number of amides is 1. The number of nitrogens with two attached hydrogens (primary N) is 1. The highest BCUT2D eigenvalue weighted by atomic mass is 16.5. The van der Waals surface area contributed by atoms with Crippen LogP contribution in [0, 0.1) is 0 Å². The molecule has 1 amide bonds. The molecule has 1 aromatic carbocycles. The summed E-state index contributed by atoms with van der Waals surface area (Å²) >= 11 is 0. The maximum atomic E-state index is 12.4. The van der Waals surface area contributed by atoms with Crippen molar-refractivity contribution in [2.24, 2.45) is 0 Å². The molecule has 0 bridgehead atoms. The van der Waals surface area contributed by atoms with Crippen LogP contribution in [0.5, 0.6) is 0 Å². The number of para-hydroxylation sites is 1. The fraction of sp³-hybridized carbons (Fsp3) is 0.353. The molecule has 0 fully saturated rings. The van der Waals surface area contributed by atoms with Crippen LogP contribution in [-0.2, 0) is 9.53 Å². The van der Waals surface area contributed by atoms with E-state index in [1.54, 1.807) is 12.1 Å². The number of hydrogen-bond acceptors (Lipinski definition) is 5. The van der Waals surface area contributed by atoms with Gasteiger partial charge in [-0.25, -0.2) is 9.78 Å². The average Bonchev–Trinajstić information content (AvgIpc) is 2.56. The summed E-state index contributed by atoms with van der Waals surface area (Å²) in [6, 6.07) is 8.41. The SMILES string of the molecule is CCCC[C@@H](NC(=O)c1nc2ccccc2cc1N)C(=O)OC. The van der Waals surface area contributed by atoms with Gasteiger partial charge in [0.1, 0.15) is 6.04 Å². The lowest BCUT2D eigenvalue weighted by atomic mass is 10.1. The molecule has 1 atom stereocenters. The Hall–Kier alpha value is -2.63. The lowest BCUT2D eigenvalue weighted by Crippen LogP contribution is -2.42.